The molecule has 0 aliphatic rings. The Labute approximate surface area is 87.5 Å². The summed E-state index contributed by atoms with van der Waals surface area (Å²) in [6.45, 7) is 0. The van der Waals surface area contributed by atoms with Crippen LogP contribution in [0.25, 0.3) is 16.4 Å². The molecule has 0 spiro atoms. The lowest BCUT2D eigenvalue weighted by Gasteiger charge is -2.00. The van der Waals surface area contributed by atoms with Crippen molar-refractivity contribution in [1.29, 1.82) is 0 Å². The van der Waals surface area contributed by atoms with Crippen molar-refractivity contribution in [2.24, 2.45) is 0 Å². The van der Waals surface area contributed by atoms with Crippen LogP contribution >= 0.6 is 11.6 Å². The van der Waals surface area contributed by atoms with Gasteiger partial charge in [0.05, 0.1) is 0 Å². The molecule has 15 heavy (non-hydrogen) atoms. The summed E-state index contributed by atoms with van der Waals surface area (Å²) in [5, 5.41) is 16.1. The van der Waals surface area contributed by atoms with Gasteiger partial charge in [0.1, 0.15) is 5.82 Å². The van der Waals surface area contributed by atoms with E-state index < -0.39 is 0 Å². The summed E-state index contributed by atoms with van der Waals surface area (Å²) < 4.78 is 14.2. The normalized spacial score (nSPS) is 11.3. The molecule has 0 saturated carbocycles. The van der Waals surface area contributed by atoms with E-state index in [4.69, 9.17) is 11.6 Å². The highest BCUT2D eigenvalue weighted by molar-refractivity contribution is 6.34. The number of hydrogen-bond donors (Lipinski definition) is 0. The van der Waals surface area contributed by atoms with Crippen LogP contribution in [0, 0.1) is 5.82 Å². The highest BCUT2D eigenvalue weighted by Gasteiger charge is 2.09. The van der Waals surface area contributed by atoms with Crippen LogP contribution in [0.3, 0.4) is 0 Å². The molecule has 0 N–H and O–H groups in total. The summed E-state index contributed by atoms with van der Waals surface area (Å²) in [4.78, 5) is 0. The second-order valence-corrected chi connectivity index (χ2v) is 3.33. The molecule has 74 valence electrons. The van der Waals surface area contributed by atoms with Gasteiger partial charge in [-0.3, -0.25) is 0 Å². The molecular weight excluding hydrogens is 221 g/mol. The summed E-state index contributed by atoms with van der Waals surface area (Å²) in [5.74, 6) is -0.372. The minimum Gasteiger partial charge on any atom is -0.207 e. The summed E-state index contributed by atoms with van der Waals surface area (Å²) in [7, 11) is 0. The third kappa shape index (κ3) is 1.15. The van der Waals surface area contributed by atoms with E-state index in [2.05, 4.69) is 20.6 Å². The van der Waals surface area contributed by atoms with Gasteiger partial charge in [-0.05, 0) is 28.6 Å². The molecular formula is C8H3ClFN5. The highest BCUT2D eigenvalue weighted by atomic mass is 35.5. The van der Waals surface area contributed by atoms with Crippen molar-refractivity contribution >= 4 is 28.0 Å². The zero-order chi connectivity index (χ0) is 10.4. The maximum absolute atomic E-state index is 13.0. The molecule has 2 aromatic heterocycles. The fourth-order valence-electron chi connectivity index (χ4n) is 1.43. The molecule has 3 aromatic rings. The van der Waals surface area contributed by atoms with Gasteiger partial charge in [0.2, 0.25) is 5.65 Å². The Kier molecular flexibility index (Phi) is 1.60. The summed E-state index contributed by atoms with van der Waals surface area (Å²) in [6.07, 6.45) is 0. The van der Waals surface area contributed by atoms with Crippen LogP contribution in [0.2, 0.25) is 5.15 Å². The van der Waals surface area contributed by atoms with Crippen molar-refractivity contribution < 1.29 is 4.39 Å². The van der Waals surface area contributed by atoms with Gasteiger partial charge in [0, 0.05) is 10.8 Å². The van der Waals surface area contributed by atoms with Gasteiger partial charge in [-0.15, -0.1) is 14.8 Å². The first-order chi connectivity index (χ1) is 7.25. The number of aromatic nitrogens is 5. The Balaban J connectivity index is 2.61. The molecule has 0 atom stereocenters. The number of benzene rings is 1. The lowest BCUT2D eigenvalue weighted by atomic mass is 10.2. The predicted octanol–water partition coefficient (Wildman–Crippen LogP) is 1.46. The highest BCUT2D eigenvalue weighted by Crippen LogP contribution is 2.24. The molecule has 0 aliphatic heterocycles. The minimum absolute atomic E-state index is 0.171. The SMILES string of the molecule is Fc1ccc2c(c1)c(Cl)nn1nnnc21. The lowest BCUT2D eigenvalue weighted by molar-refractivity contribution is 0.629. The predicted molar refractivity (Wildman–Crippen MR) is 51.1 cm³/mol. The first-order valence-electron chi connectivity index (χ1n) is 4.09. The Morgan fingerprint density at radius 2 is 2.13 bits per heavy atom. The van der Waals surface area contributed by atoms with Crippen molar-refractivity contribution in [3.05, 3.63) is 29.2 Å². The number of halogens is 2. The van der Waals surface area contributed by atoms with E-state index in [1.807, 2.05) is 0 Å². The summed E-state index contributed by atoms with van der Waals surface area (Å²) >= 11 is 5.87. The second kappa shape index (κ2) is 2.83. The first kappa shape index (κ1) is 8.49. The lowest BCUT2D eigenvalue weighted by Crippen LogP contribution is -1.96. The molecule has 0 aliphatic carbocycles. The summed E-state index contributed by atoms with van der Waals surface area (Å²) in [6, 6.07) is 4.20. The molecule has 0 bridgehead atoms. The van der Waals surface area contributed by atoms with Gasteiger partial charge in [-0.25, -0.2) is 4.39 Å². The van der Waals surface area contributed by atoms with Crippen LogP contribution in [0.5, 0.6) is 0 Å². The standard InChI is InChI=1S/C8H3ClFN5/c9-7-6-3-4(10)1-2-5(6)8-11-13-14-15(8)12-7/h1-3H. The van der Waals surface area contributed by atoms with Crippen molar-refractivity contribution in [3.63, 3.8) is 0 Å². The van der Waals surface area contributed by atoms with E-state index in [-0.39, 0.29) is 11.0 Å². The van der Waals surface area contributed by atoms with Gasteiger partial charge in [-0.1, -0.05) is 11.6 Å². The maximum atomic E-state index is 13.0. The van der Waals surface area contributed by atoms with Gasteiger partial charge in [0.15, 0.2) is 5.15 Å². The zero-order valence-electron chi connectivity index (χ0n) is 7.22. The number of fused-ring (bicyclic) bond motifs is 3. The molecule has 0 unspecified atom stereocenters. The average Bonchev–Trinajstić information content (AvgIpc) is 2.66. The van der Waals surface area contributed by atoms with E-state index in [0.29, 0.717) is 16.4 Å². The third-order valence-electron chi connectivity index (χ3n) is 2.08. The second-order valence-electron chi connectivity index (χ2n) is 2.97. The topological polar surface area (TPSA) is 56.0 Å². The van der Waals surface area contributed by atoms with Crippen LogP contribution in [0.15, 0.2) is 18.2 Å². The Morgan fingerprint density at radius 3 is 3.00 bits per heavy atom. The van der Waals surface area contributed by atoms with Gasteiger partial charge in [0.25, 0.3) is 0 Å². The first-order valence-corrected chi connectivity index (χ1v) is 4.46. The van der Waals surface area contributed by atoms with E-state index in [1.165, 1.54) is 16.8 Å². The van der Waals surface area contributed by atoms with E-state index >= 15 is 0 Å². The Hall–Kier alpha value is -1.82. The average molecular weight is 224 g/mol. The van der Waals surface area contributed by atoms with Crippen LogP contribution in [-0.2, 0) is 0 Å². The van der Waals surface area contributed by atoms with Crippen LogP contribution in [0.1, 0.15) is 0 Å². The molecule has 1 aromatic carbocycles. The van der Waals surface area contributed by atoms with Crippen LogP contribution in [-0.4, -0.2) is 25.3 Å². The third-order valence-corrected chi connectivity index (χ3v) is 2.36. The van der Waals surface area contributed by atoms with Gasteiger partial charge < -0.3 is 0 Å². The largest absolute Gasteiger partial charge is 0.207 e. The van der Waals surface area contributed by atoms with Crippen LogP contribution < -0.4 is 0 Å². The fourth-order valence-corrected chi connectivity index (χ4v) is 1.66. The van der Waals surface area contributed by atoms with Gasteiger partial charge in [-0.2, -0.15) is 0 Å². The zero-order valence-corrected chi connectivity index (χ0v) is 7.98. The number of hydrogen-bond acceptors (Lipinski definition) is 4. The Morgan fingerprint density at radius 1 is 1.27 bits per heavy atom. The number of rotatable bonds is 0. The molecule has 5 nitrogen and oxygen atoms in total. The van der Waals surface area contributed by atoms with Crippen molar-refractivity contribution in [1.82, 2.24) is 25.3 Å². The monoisotopic (exact) mass is 223 g/mol. The molecule has 0 amide bonds. The molecule has 0 saturated heterocycles. The van der Waals surface area contributed by atoms with Crippen molar-refractivity contribution in [2.75, 3.05) is 0 Å². The maximum Gasteiger partial charge on any atom is 0.207 e. The summed E-state index contributed by atoms with van der Waals surface area (Å²) in [5.41, 5.74) is 0.453. The van der Waals surface area contributed by atoms with E-state index in [0.717, 1.165) is 0 Å². The molecule has 7 heteroatoms. The quantitative estimate of drug-likeness (QED) is 0.579. The molecule has 0 fully saturated rings. The van der Waals surface area contributed by atoms with Crippen molar-refractivity contribution in [3.8, 4) is 0 Å². The van der Waals surface area contributed by atoms with Gasteiger partial charge >= 0.3 is 0 Å². The molecule has 0 radical (unpaired) electrons. The number of tetrazole rings is 1. The number of nitrogens with zero attached hydrogens (tertiary/aromatic N) is 5. The minimum atomic E-state index is -0.372. The molecule has 3 rings (SSSR count). The van der Waals surface area contributed by atoms with E-state index in [1.54, 1.807) is 6.07 Å². The smallest absolute Gasteiger partial charge is 0.207 e. The molecule has 2 heterocycles. The fraction of sp³-hybridized carbons (Fsp3) is 0. The van der Waals surface area contributed by atoms with Crippen molar-refractivity contribution in [2.45, 2.75) is 0 Å². The Bertz CT molecular complexity index is 664. The van der Waals surface area contributed by atoms with Crippen LogP contribution in [0.4, 0.5) is 4.39 Å². The van der Waals surface area contributed by atoms with E-state index in [9.17, 15) is 4.39 Å².